The highest BCUT2D eigenvalue weighted by Gasteiger charge is 2.53. The molecule has 1 unspecified atom stereocenters. The lowest BCUT2D eigenvalue weighted by Crippen LogP contribution is -2.61. The molecule has 0 spiro atoms. The Morgan fingerprint density at radius 2 is 2.11 bits per heavy atom. The quantitative estimate of drug-likeness (QED) is 0.765. The Bertz CT molecular complexity index is 335. The summed E-state index contributed by atoms with van der Waals surface area (Å²) in [6.07, 6.45) is 2.21. The lowest BCUT2D eigenvalue weighted by Gasteiger charge is -2.26. The molecule has 1 atom stereocenters. The Hall–Kier alpha value is -1.04. The molecule has 1 amide bonds. The zero-order valence-corrected chi connectivity index (χ0v) is 10.4. The van der Waals surface area contributed by atoms with E-state index in [-0.39, 0.29) is 6.54 Å². The first-order valence-electron chi connectivity index (χ1n) is 6.07. The predicted molar refractivity (Wildman–Crippen MR) is 62.8 cm³/mol. The van der Waals surface area contributed by atoms with Crippen LogP contribution in [0, 0.1) is 0 Å². The molecule has 6 heteroatoms. The maximum Gasteiger partial charge on any atom is 0.415 e. The summed E-state index contributed by atoms with van der Waals surface area (Å²) in [4.78, 5) is 11.4. The Balaban J connectivity index is 2.39. The zero-order valence-electron chi connectivity index (χ0n) is 10.4. The van der Waals surface area contributed by atoms with E-state index in [1.807, 2.05) is 0 Å². The Morgan fingerprint density at radius 1 is 1.44 bits per heavy atom. The van der Waals surface area contributed by atoms with Crippen molar-refractivity contribution in [2.24, 2.45) is 5.73 Å². The molecule has 0 aromatic carbocycles. The summed E-state index contributed by atoms with van der Waals surface area (Å²) < 4.78 is 37.4. The fourth-order valence-electron chi connectivity index (χ4n) is 1.78. The number of carbonyl (C=O) groups excluding carboxylic acids is 1. The number of carbonyl (C=O) groups is 1. The van der Waals surface area contributed by atoms with Gasteiger partial charge in [0.15, 0.2) is 5.54 Å². The van der Waals surface area contributed by atoms with Crippen LogP contribution >= 0.6 is 0 Å². The van der Waals surface area contributed by atoms with Gasteiger partial charge in [0.1, 0.15) is 0 Å². The number of alkyl halides is 3. The molecule has 0 aliphatic heterocycles. The molecule has 3 nitrogen and oxygen atoms in total. The molecule has 0 heterocycles. The standard InChI is InChI=1S/C12H19F3N2O/c1-11(16,12(13,14)15)10(18)17-8-7-9-5-3-2-4-6-9/h5H,2-4,6-8,16H2,1H3,(H,17,18). The SMILES string of the molecule is CC(N)(C(=O)NCCC1=CCCCC1)C(F)(F)F. The molecule has 0 aromatic rings. The molecule has 1 aliphatic rings. The van der Waals surface area contributed by atoms with Gasteiger partial charge in [-0.3, -0.25) is 4.79 Å². The number of hydrogen-bond acceptors (Lipinski definition) is 2. The van der Waals surface area contributed by atoms with Gasteiger partial charge in [-0.2, -0.15) is 13.2 Å². The lowest BCUT2D eigenvalue weighted by atomic mass is 9.97. The Kier molecular flexibility index (Phi) is 4.78. The van der Waals surface area contributed by atoms with Crippen molar-refractivity contribution in [3.63, 3.8) is 0 Å². The minimum Gasteiger partial charge on any atom is -0.354 e. The second kappa shape index (κ2) is 5.73. The molecule has 0 aromatic heterocycles. The highest BCUT2D eigenvalue weighted by atomic mass is 19.4. The second-order valence-electron chi connectivity index (χ2n) is 4.81. The smallest absolute Gasteiger partial charge is 0.354 e. The average molecular weight is 264 g/mol. The summed E-state index contributed by atoms with van der Waals surface area (Å²) in [7, 11) is 0. The summed E-state index contributed by atoms with van der Waals surface area (Å²) >= 11 is 0. The number of rotatable bonds is 4. The predicted octanol–water partition coefficient (Wildman–Crippen LogP) is 2.27. The van der Waals surface area contributed by atoms with Crippen molar-refractivity contribution in [2.45, 2.75) is 50.7 Å². The molecule has 1 aliphatic carbocycles. The van der Waals surface area contributed by atoms with Crippen LogP contribution < -0.4 is 11.1 Å². The van der Waals surface area contributed by atoms with Crippen LogP contribution in [0.15, 0.2) is 11.6 Å². The lowest BCUT2D eigenvalue weighted by molar-refractivity contribution is -0.187. The molecule has 104 valence electrons. The summed E-state index contributed by atoms with van der Waals surface area (Å²) in [6.45, 7) is 0.885. The van der Waals surface area contributed by atoms with Gasteiger partial charge in [-0.05, 0) is 39.0 Å². The molecule has 0 fully saturated rings. The van der Waals surface area contributed by atoms with Crippen LogP contribution in [0.4, 0.5) is 13.2 Å². The molecular formula is C12H19F3N2O. The Morgan fingerprint density at radius 3 is 2.61 bits per heavy atom. The van der Waals surface area contributed by atoms with Crippen molar-refractivity contribution in [1.82, 2.24) is 5.32 Å². The molecule has 18 heavy (non-hydrogen) atoms. The van der Waals surface area contributed by atoms with Gasteiger partial charge in [-0.15, -0.1) is 0 Å². The largest absolute Gasteiger partial charge is 0.415 e. The van der Waals surface area contributed by atoms with E-state index in [0.29, 0.717) is 13.3 Å². The molecule has 0 bridgehead atoms. The highest BCUT2D eigenvalue weighted by Crippen LogP contribution is 2.28. The van der Waals surface area contributed by atoms with Crippen molar-refractivity contribution in [3.8, 4) is 0 Å². The topological polar surface area (TPSA) is 55.1 Å². The van der Waals surface area contributed by atoms with Crippen LogP contribution in [0.1, 0.15) is 39.0 Å². The normalized spacial score (nSPS) is 19.9. The van der Waals surface area contributed by atoms with Gasteiger partial charge in [0, 0.05) is 6.54 Å². The minimum atomic E-state index is -4.73. The third kappa shape index (κ3) is 3.73. The Labute approximate surface area is 105 Å². The van der Waals surface area contributed by atoms with E-state index in [2.05, 4.69) is 11.4 Å². The van der Waals surface area contributed by atoms with E-state index >= 15 is 0 Å². The van der Waals surface area contributed by atoms with E-state index in [1.54, 1.807) is 0 Å². The number of hydrogen-bond donors (Lipinski definition) is 2. The molecule has 0 saturated heterocycles. The van der Waals surface area contributed by atoms with Gasteiger partial charge < -0.3 is 11.1 Å². The third-order valence-corrected chi connectivity index (χ3v) is 3.18. The summed E-state index contributed by atoms with van der Waals surface area (Å²) in [5.41, 5.74) is 3.38. The average Bonchev–Trinajstić information content (AvgIpc) is 2.28. The van der Waals surface area contributed by atoms with Crippen molar-refractivity contribution in [2.75, 3.05) is 6.54 Å². The second-order valence-corrected chi connectivity index (χ2v) is 4.81. The van der Waals surface area contributed by atoms with Gasteiger partial charge in [0.05, 0.1) is 0 Å². The monoisotopic (exact) mass is 264 g/mol. The van der Waals surface area contributed by atoms with E-state index in [9.17, 15) is 18.0 Å². The first kappa shape index (κ1) is 15.0. The molecule has 3 N–H and O–H groups in total. The van der Waals surface area contributed by atoms with Crippen LogP contribution in [0.2, 0.25) is 0 Å². The van der Waals surface area contributed by atoms with Crippen LogP contribution in [-0.2, 0) is 4.79 Å². The number of halogens is 3. The van der Waals surface area contributed by atoms with E-state index < -0.39 is 17.6 Å². The van der Waals surface area contributed by atoms with E-state index in [0.717, 1.165) is 25.7 Å². The van der Waals surface area contributed by atoms with Gasteiger partial charge in [-0.25, -0.2) is 0 Å². The highest BCUT2D eigenvalue weighted by molar-refractivity contribution is 5.86. The fourth-order valence-corrected chi connectivity index (χ4v) is 1.78. The van der Waals surface area contributed by atoms with Crippen molar-refractivity contribution in [3.05, 3.63) is 11.6 Å². The van der Waals surface area contributed by atoms with Gasteiger partial charge >= 0.3 is 6.18 Å². The van der Waals surface area contributed by atoms with Crippen LogP contribution in [-0.4, -0.2) is 24.2 Å². The van der Waals surface area contributed by atoms with Crippen LogP contribution in [0.5, 0.6) is 0 Å². The van der Waals surface area contributed by atoms with Crippen molar-refractivity contribution in [1.29, 1.82) is 0 Å². The van der Waals surface area contributed by atoms with Crippen LogP contribution in [0.25, 0.3) is 0 Å². The first-order chi connectivity index (χ1) is 8.25. The van der Waals surface area contributed by atoms with Crippen molar-refractivity contribution >= 4 is 5.91 Å². The minimum absolute atomic E-state index is 0.202. The molecule has 0 saturated carbocycles. The number of nitrogens with two attached hydrogens (primary N) is 1. The van der Waals surface area contributed by atoms with Crippen LogP contribution in [0.3, 0.4) is 0 Å². The molecule has 1 rings (SSSR count). The van der Waals surface area contributed by atoms with Gasteiger partial charge in [-0.1, -0.05) is 11.6 Å². The summed E-state index contributed by atoms with van der Waals surface area (Å²) in [5, 5.41) is 2.25. The number of allylic oxidation sites excluding steroid dienone is 1. The first-order valence-corrected chi connectivity index (χ1v) is 6.07. The molecular weight excluding hydrogens is 245 g/mol. The number of amides is 1. The summed E-state index contributed by atoms with van der Waals surface area (Å²) in [6, 6.07) is 0. The maximum absolute atomic E-state index is 12.5. The maximum atomic E-state index is 12.5. The third-order valence-electron chi connectivity index (χ3n) is 3.18. The number of nitrogens with one attached hydrogen (secondary N) is 1. The molecule has 0 radical (unpaired) electrons. The van der Waals surface area contributed by atoms with E-state index in [4.69, 9.17) is 5.73 Å². The van der Waals surface area contributed by atoms with E-state index in [1.165, 1.54) is 5.57 Å². The van der Waals surface area contributed by atoms with Crippen molar-refractivity contribution < 1.29 is 18.0 Å². The van der Waals surface area contributed by atoms with Gasteiger partial charge in [0.2, 0.25) is 5.91 Å². The van der Waals surface area contributed by atoms with Gasteiger partial charge in [0.25, 0.3) is 0 Å². The zero-order chi connectivity index (χ0) is 13.8. The summed E-state index contributed by atoms with van der Waals surface area (Å²) in [5.74, 6) is -1.17. The fraction of sp³-hybridized carbons (Fsp3) is 0.750.